The Morgan fingerprint density at radius 1 is 1.07 bits per heavy atom. The van der Waals surface area contributed by atoms with Crippen LogP contribution in [0.25, 0.3) is 10.9 Å². The minimum atomic E-state index is -4.75. The molecule has 4 aromatic rings. The second-order valence-corrected chi connectivity index (χ2v) is 10.7. The van der Waals surface area contributed by atoms with E-state index in [0.29, 0.717) is 21.5 Å². The van der Waals surface area contributed by atoms with Crippen LogP contribution in [0.1, 0.15) is 50.3 Å². The molecule has 0 radical (unpaired) electrons. The first-order chi connectivity index (χ1) is 20.2. The lowest BCUT2D eigenvalue weighted by Crippen LogP contribution is -2.48. The molecule has 10 nitrogen and oxygen atoms in total. The Bertz CT molecular complexity index is 1700. The normalized spacial score (nSPS) is 13.0. The smallest absolute Gasteiger partial charge is 0.433 e. The fourth-order valence-electron chi connectivity index (χ4n) is 4.41. The third kappa shape index (κ3) is 7.03. The van der Waals surface area contributed by atoms with Crippen LogP contribution in [-0.2, 0) is 22.3 Å². The number of halogens is 4. The first-order valence-electron chi connectivity index (χ1n) is 12.9. The topological polar surface area (TPSA) is 135 Å². The first-order valence-corrected chi connectivity index (χ1v) is 13.7. The van der Waals surface area contributed by atoms with E-state index in [9.17, 15) is 32.7 Å². The van der Waals surface area contributed by atoms with E-state index in [2.05, 4.69) is 41.4 Å². The highest BCUT2D eigenvalue weighted by molar-refractivity contribution is 9.10. The van der Waals surface area contributed by atoms with Crippen LogP contribution in [0.4, 0.5) is 18.9 Å². The molecule has 1 unspecified atom stereocenters. The highest BCUT2D eigenvalue weighted by Crippen LogP contribution is 2.32. The number of esters is 1. The molecule has 0 spiro atoms. The molecular formula is C29H27BrF3N5O5. The zero-order valence-corrected chi connectivity index (χ0v) is 25.0. The molecule has 2 aromatic carbocycles. The molecule has 4 rings (SSSR count). The molecule has 14 heteroatoms. The minimum Gasteiger partial charge on any atom is -0.467 e. The number of ether oxygens (including phenoxy) is 1. The Morgan fingerprint density at radius 3 is 2.35 bits per heavy atom. The third-order valence-electron chi connectivity index (χ3n) is 6.70. The first kappa shape index (κ1) is 31.6. The molecule has 2 amide bonds. The average Bonchev–Trinajstić information content (AvgIpc) is 3.21. The van der Waals surface area contributed by atoms with Crippen molar-refractivity contribution in [3.8, 4) is 0 Å². The predicted molar refractivity (Wildman–Crippen MR) is 155 cm³/mol. The summed E-state index contributed by atoms with van der Waals surface area (Å²) in [6, 6.07) is 10.4. The number of aryl methyl sites for hydroxylation is 1. The van der Waals surface area contributed by atoms with Gasteiger partial charge in [-0.3, -0.25) is 14.3 Å². The lowest BCUT2D eigenvalue weighted by atomic mass is 10.1. The number of aromatic nitrogens is 3. The Kier molecular flexibility index (Phi) is 9.21. The number of aliphatic hydroxyl groups is 1. The summed E-state index contributed by atoms with van der Waals surface area (Å²) < 4.78 is 47.4. The maximum Gasteiger partial charge on any atom is 0.433 e. The highest BCUT2D eigenvalue weighted by Gasteiger charge is 2.34. The Hall–Kier alpha value is -4.30. The van der Waals surface area contributed by atoms with E-state index in [0.717, 1.165) is 18.7 Å². The molecule has 0 aliphatic heterocycles. The second-order valence-electron chi connectivity index (χ2n) is 9.78. The Balaban J connectivity index is 1.55. The van der Waals surface area contributed by atoms with Gasteiger partial charge in [0, 0.05) is 15.4 Å². The number of methoxy groups -OCH3 is 1. The fraction of sp³-hybridized carbons (Fsp3) is 0.276. The van der Waals surface area contributed by atoms with Crippen molar-refractivity contribution in [3.63, 3.8) is 0 Å². The van der Waals surface area contributed by atoms with Gasteiger partial charge < -0.3 is 20.5 Å². The van der Waals surface area contributed by atoms with Crippen LogP contribution >= 0.6 is 15.9 Å². The van der Waals surface area contributed by atoms with E-state index in [1.165, 1.54) is 19.1 Å². The lowest BCUT2D eigenvalue weighted by molar-refractivity contribution is -0.145. The number of nitrogens with zero attached hydrogens (tertiary/aromatic N) is 3. The van der Waals surface area contributed by atoms with Crippen LogP contribution in [-0.4, -0.2) is 56.9 Å². The molecule has 2 atom stereocenters. The van der Waals surface area contributed by atoms with Crippen molar-refractivity contribution < 1.29 is 37.4 Å². The Morgan fingerprint density at radius 2 is 1.74 bits per heavy atom. The van der Waals surface area contributed by atoms with Crippen LogP contribution < -0.4 is 10.6 Å². The molecule has 43 heavy (non-hydrogen) atoms. The standard InChI is InChI=1S/C29H27BrF3N5O5/c1-14-24(35-27(41)21-12-23(29(31,32)33)34-22-10-9-19(30)11-20(21)22)15(2)38(37-14)13-17-5-7-18(8-6-17)26(40)36-25(16(3)39)28(42)43-4/h5-12,16,25,39H,13H2,1-4H3,(H,35,41)(H,36,40)/t16?,25-/m0/s1. The molecule has 2 heterocycles. The molecule has 2 aromatic heterocycles. The molecule has 0 fully saturated rings. The highest BCUT2D eigenvalue weighted by atomic mass is 79.9. The second kappa shape index (κ2) is 12.5. The summed E-state index contributed by atoms with van der Waals surface area (Å²) in [7, 11) is 1.15. The number of carbonyl (C=O) groups excluding carboxylic acids is 3. The molecule has 0 saturated carbocycles. The van der Waals surface area contributed by atoms with Crippen molar-refractivity contribution in [1.29, 1.82) is 0 Å². The van der Waals surface area contributed by atoms with Crippen molar-refractivity contribution in [2.45, 2.75) is 45.6 Å². The predicted octanol–water partition coefficient (Wildman–Crippen LogP) is 4.78. The van der Waals surface area contributed by atoms with Crippen molar-refractivity contribution in [2.75, 3.05) is 12.4 Å². The van der Waals surface area contributed by atoms with Gasteiger partial charge >= 0.3 is 12.1 Å². The van der Waals surface area contributed by atoms with Crippen molar-refractivity contribution in [2.24, 2.45) is 0 Å². The maximum absolute atomic E-state index is 13.5. The van der Waals surface area contributed by atoms with Gasteiger partial charge in [-0.15, -0.1) is 0 Å². The molecular weight excluding hydrogens is 635 g/mol. The van der Waals surface area contributed by atoms with E-state index in [1.807, 2.05) is 0 Å². The lowest BCUT2D eigenvalue weighted by Gasteiger charge is -2.19. The molecule has 226 valence electrons. The van der Waals surface area contributed by atoms with Gasteiger partial charge in [0.2, 0.25) is 0 Å². The number of benzene rings is 2. The van der Waals surface area contributed by atoms with Crippen molar-refractivity contribution in [3.05, 3.63) is 86.8 Å². The summed E-state index contributed by atoms with van der Waals surface area (Å²) in [5.74, 6) is -2.11. The molecule has 0 bridgehead atoms. The quantitative estimate of drug-likeness (QED) is 0.231. The number of alkyl halides is 3. The number of hydrogen-bond acceptors (Lipinski definition) is 7. The number of carbonyl (C=O) groups is 3. The molecule has 0 aliphatic carbocycles. The number of anilines is 1. The van der Waals surface area contributed by atoms with E-state index >= 15 is 0 Å². The van der Waals surface area contributed by atoms with Crippen LogP contribution in [0.3, 0.4) is 0 Å². The van der Waals surface area contributed by atoms with Gasteiger partial charge in [0.15, 0.2) is 6.04 Å². The zero-order chi connectivity index (χ0) is 31.6. The van der Waals surface area contributed by atoms with E-state index in [-0.39, 0.29) is 28.6 Å². The van der Waals surface area contributed by atoms with E-state index < -0.39 is 41.8 Å². The van der Waals surface area contributed by atoms with Gasteiger partial charge in [-0.05, 0) is 62.7 Å². The largest absolute Gasteiger partial charge is 0.467 e. The van der Waals surface area contributed by atoms with E-state index in [4.69, 9.17) is 0 Å². The monoisotopic (exact) mass is 661 g/mol. The number of rotatable bonds is 8. The number of pyridine rings is 1. The summed E-state index contributed by atoms with van der Waals surface area (Å²) in [5.41, 5.74) is 1.00. The van der Waals surface area contributed by atoms with Crippen molar-refractivity contribution in [1.82, 2.24) is 20.1 Å². The van der Waals surface area contributed by atoms with Gasteiger partial charge in [-0.25, -0.2) is 9.78 Å². The average molecular weight is 662 g/mol. The van der Waals surface area contributed by atoms with Gasteiger partial charge in [-0.1, -0.05) is 28.1 Å². The third-order valence-corrected chi connectivity index (χ3v) is 7.19. The Labute approximate surface area is 252 Å². The number of fused-ring (bicyclic) bond motifs is 1. The van der Waals surface area contributed by atoms with Gasteiger partial charge in [0.25, 0.3) is 11.8 Å². The molecule has 0 aliphatic rings. The van der Waals surface area contributed by atoms with E-state index in [1.54, 1.807) is 48.9 Å². The summed E-state index contributed by atoms with van der Waals surface area (Å²) in [5, 5.41) is 19.7. The van der Waals surface area contributed by atoms with Crippen LogP contribution in [0.5, 0.6) is 0 Å². The summed E-state index contributed by atoms with van der Waals surface area (Å²) in [6.07, 6.45) is -5.91. The number of amides is 2. The van der Waals surface area contributed by atoms with Gasteiger partial charge in [0.1, 0.15) is 5.69 Å². The maximum atomic E-state index is 13.5. The minimum absolute atomic E-state index is 0.0242. The fourth-order valence-corrected chi connectivity index (χ4v) is 4.77. The SMILES string of the molecule is COC(=O)[C@@H](NC(=O)c1ccc(Cn2nc(C)c(NC(=O)c3cc(C(F)(F)F)nc4ccc(Br)cc34)c2C)cc1)C(C)O. The van der Waals surface area contributed by atoms with Gasteiger partial charge in [0.05, 0.1) is 47.9 Å². The molecule has 3 N–H and O–H groups in total. The van der Waals surface area contributed by atoms with Crippen LogP contribution in [0, 0.1) is 13.8 Å². The van der Waals surface area contributed by atoms with Gasteiger partial charge in [-0.2, -0.15) is 18.3 Å². The van der Waals surface area contributed by atoms with Crippen LogP contribution in [0.2, 0.25) is 0 Å². The number of hydrogen-bond donors (Lipinski definition) is 3. The van der Waals surface area contributed by atoms with Crippen LogP contribution in [0.15, 0.2) is 53.0 Å². The molecule has 0 saturated heterocycles. The zero-order valence-electron chi connectivity index (χ0n) is 23.4. The summed E-state index contributed by atoms with van der Waals surface area (Å²) in [6.45, 7) is 4.98. The summed E-state index contributed by atoms with van der Waals surface area (Å²) in [4.78, 5) is 41.4. The number of aliphatic hydroxyl groups excluding tert-OH is 1. The number of nitrogens with one attached hydrogen (secondary N) is 2. The van der Waals surface area contributed by atoms with Crippen molar-refractivity contribution >= 4 is 50.3 Å². The summed E-state index contributed by atoms with van der Waals surface area (Å²) >= 11 is 3.29.